The van der Waals surface area contributed by atoms with Gasteiger partial charge in [0.05, 0.1) is 13.1 Å². The lowest BCUT2D eigenvalue weighted by molar-refractivity contribution is 0.0516. The lowest BCUT2D eigenvalue weighted by atomic mass is 10.1. The van der Waals surface area contributed by atoms with Crippen LogP contribution in [0.5, 0.6) is 0 Å². The van der Waals surface area contributed by atoms with Crippen molar-refractivity contribution in [2.45, 2.75) is 64.8 Å². The Morgan fingerprint density at radius 3 is 2.52 bits per heavy atom. The van der Waals surface area contributed by atoms with Crippen LogP contribution >= 0.6 is 0 Å². The number of rotatable bonds is 5. The van der Waals surface area contributed by atoms with Crippen LogP contribution in [0, 0.1) is 6.92 Å². The van der Waals surface area contributed by atoms with Crippen LogP contribution in [0.15, 0.2) is 10.5 Å². The lowest BCUT2D eigenvalue weighted by Gasteiger charge is -2.42. The van der Waals surface area contributed by atoms with Gasteiger partial charge < -0.3 is 9.73 Å². The number of nitrogens with zero attached hydrogens (tertiary/aromatic N) is 2. The molecule has 4 heteroatoms. The van der Waals surface area contributed by atoms with Gasteiger partial charge in [-0.15, -0.1) is 0 Å². The summed E-state index contributed by atoms with van der Waals surface area (Å²) in [5, 5.41) is 3.54. The fourth-order valence-electron chi connectivity index (χ4n) is 3.23. The monoisotopic (exact) mass is 291 g/mol. The summed E-state index contributed by atoms with van der Waals surface area (Å²) in [5.74, 6) is 2.23. The predicted octanol–water partition coefficient (Wildman–Crippen LogP) is 2.36. The summed E-state index contributed by atoms with van der Waals surface area (Å²) >= 11 is 0. The van der Waals surface area contributed by atoms with Crippen LogP contribution in [0.4, 0.5) is 0 Å². The molecular weight excluding hydrogens is 262 g/mol. The van der Waals surface area contributed by atoms with Crippen molar-refractivity contribution in [1.29, 1.82) is 0 Å². The number of hydrogen-bond donors (Lipinski definition) is 1. The standard InChI is InChI=1S/C17H29N3O/c1-12-7-16(21-17(12)8-18-15-5-6-15)11-20-9-13(2)19(4)14(3)10-20/h7,13-15,18H,5-6,8-11H2,1-4H3. The molecule has 21 heavy (non-hydrogen) atoms. The van der Waals surface area contributed by atoms with E-state index in [0.29, 0.717) is 12.1 Å². The highest BCUT2D eigenvalue weighted by Crippen LogP contribution is 2.22. The van der Waals surface area contributed by atoms with Gasteiger partial charge >= 0.3 is 0 Å². The van der Waals surface area contributed by atoms with Crippen molar-refractivity contribution in [3.05, 3.63) is 23.2 Å². The molecule has 0 amide bonds. The maximum Gasteiger partial charge on any atom is 0.120 e. The summed E-state index contributed by atoms with van der Waals surface area (Å²) in [7, 11) is 2.23. The van der Waals surface area contributed by atoms with Gasteiger partial charge in [0.2, 0.25) is 0 Å². The van der Waals surface area contributed by atoms with Gasteiger partial charge in [-0.2, -0.15) is 0 Å². The van der Waals surface area contributed by atoms with Crippen LogP contribution in [-0.2, 0) is 13.1 Å². The van der Waals surface area contributed by atoms with E-state index in [4.69, 9.17) is 4.42 Å². The second-order valence-corrected chi connectivity index (χ2v) is 7.03. The van der Waals surface area contributed by atoms with Gasteiger partial charge in [0.1, 0.15) is 11.5 Å². The van der Waals surface area contributed by atoms with Crippen LogP contribution < -0.4 is 5.32 Å². The third-order valence-electron chi connectivity index (χ3n) is 5.02. The third-order valence-corrected chi connectivity index (χ3v) is 5.02. The van der Waals surface area contributed by atoms with E-state index in [0.717, 1.165) is 43.7 Å². The smallest absolute Gasteiger partial charge is 0.120 e. The molecule has 2 fully saturated rings. The molecule has 1 aliphatic carbocycles. The van der Waals surface area contributed by atoms with Gasteiger partial charge in [-0.1, -0.05) is 0 Å². The molecule has 1 aliphatic heterocycles. The average molecular weight is 291 g/mol. The van der Waals surface area contributed by atoms with E-state index in [9.17, 15) is 0 Å². The zero-order valence-electron chi connectivity index (χ0n) is 13.9. The first-order chi connectivity index (χ1) is 10.0. The molecule has 1 aromatic heterocycles. The van der Waals surface area contributed by atoms with Gasteiger partial charge in [-0.25, -0.2) is 0 Å². The van der Waals surface area contributed by atoms with Crippen molar-refractivity contribution in [1.82, 2.24) is 15.1 Å². The van der Waals surface area contributed by atoms with Gasteiger partial charge in [0.25, 0.3) is 0 Å². The van der Waals surface area contributed by atoms with Gasteiger partial charge in [-0.05, 0) is 52.3 Å². The molecule has 0 spiro atoms. The molecule has 0 bridgehead atoms. The van der Waals surface area contributed by atoms with Gasteiger partial charge in [-0.3, -0.25) is 9.80 Å². The number of hydrogen-bond acceptors (Lipinski definition) is 4. The minimum Gasteiger partial charge on any atom is -0.463 e. The van der Waals surface area contributed by atoms with E-state index in [-0.39, 0.29) is 0 Å². The Kier molecular flexibility index (Phi) is 4.38. The van der Waals surface area contributed by atoms with E-state index in [1.807, 2.05) is 0 Å². The highest BCUT2D eigenvalue weighted by Gasteiger charge is 2.27. The number of furan rings is 1. The molecule has 3 rings (SSSR count). The summed E-state index contributed by atoms with van der Waals surface area (Å²) in [4.78, 5) is 4.99. The second-order valence-electron chi connectivity index (χ2n) is 7.03. The first kappa shape index (κ1) is 15.1. The summed E-state index contributed by atoms with van der Waals surface area (Å²) in [6.45, 7) is 10.8. The average Bonchev–Trinajstić information content (AvgIpc) is 3.18. The maximum atomic E-state index is 6.07. The summed E-state index contributed by atoms with van der Waals surface area (Å²) in [6.07, 6.45) is 2.65. The Balaban J connectivity index is 1.58. The van der Waals surface area contributed by atoms with Crippen LogP contribution in [-0.4, -0.2) is 48.1 Å². The number of nitrogens with one attached hydrogen (secondary N) is 1. The molecule has 1 saturated carbocycles. The maximum absolute atomic E-state index is 6.07. The fourth-order valence-corrected chi connectivity index (χ4v) is 3.23. The van der Waals surface area contributed by atoms with Crippen LogP contribution in [0.2, 0.25) is 0 Å². The molecule has 2 heterocycles. The van der Waals surface area contributed by atoms with E-state index >= 15 is 0 Å². The fraction of sp³-hybridized carbons (Fsp3) is 0.765. The van der Waals surface area contributed by atoms with Crippen molar-refractivity contribution >= 4 is 0 Å². The number of piperazine rings is 1. The largest absolute Gasteiger partial charge is 0.463 e. The molecule has 4 nitrogen and oxygen atoms in total. The Morgan fingerprint density at radius 1 is 1.24 bits per heavy atom. The second kappa shape index (κ2) is 6.11. The van der Waals surface area contributed by atoms with Crippen molar-refractivity contribution in [2.24, 2.45) is 0 Å². The molecule has 2 aliphatic rings. The van der Waals surface area contributed by atoms with Crippen LogP contribution in [0.1, 0.15) is 43.8 Å². The number of aryl methyl sites for hydroxylation is 1. The van der Waals surface area contributed by atoms with Crippen molar-refractivity contribution < 1.29 is 4.42 Å². The predicted molar refractivity (Wildman–Crippen MR) is 85.3 cm³/mol. The van der Waals surface area contributed by atoms with Gasteiger partial charge in [0.15, 0.2) is 0 Å². The van der Waals surface area contributed by atoms with Crippen LogP contribution in [0.25, 0.3) is 0 Å². The Labute approximate surface area is 128 Å². The Hall–Kier alpha value is -0.840. The topological polar surface area (TPSA) is 31.6 Å². The van der Waals surface area contributed by atoms with Gasteiger partial charge in [0, 0.05) is 31.2 Å². The molecule has 0 aromatic carbocycles. The molecule has 1 N–H and O–H groups in total. The zero-order chi connectivity index (χ0) is 15.0. The van der Waals surface area contributed by atoms with Crippen LogP contribution in [0.3, 0.4) is 0 Å². The third kappa shape index (κ3) is 3.68. The SMILES string of the molecule is Cc1cc(CN2CC(C)N(C)C(C)C2)oc1CNC1CC1. The van der Waals surface area contributed by atoms with E-state index < -0.39 is 0 Å². The molecule has 2 unspecified atom stereocenters. The Morgan fingerprint density at radius 2 is 1.90 bits per heavy atom. The normalized spacial score (nSPS) is 28.2. The van der Waals surface area contributed by atoms with Crippen molar-refractivity contribution in [2.75, 3.05) is 20.1 Å². The van der Waals surface area contributed by atoms with E-state index in [2.05, 4.69) is 49.0 Å². The van der Waals surface area contributed by atoms with E-state index in [1.54, 1.807) is 0 Å². The molecule has 0 radical (unpaired) electrons. The molecular formula is C17H29N3O. The molecule has 1 aromatic rings. The molecule has 2 atom stereocenters. The minimum absolute atomic E-state index is 0.612. The highest BCUT2D eigenvalue weighted by molar-refractivity contribution is 5.20. The quantitative estimate of drug-likeness (QED) is 0.902. The van der Waals surface area contributed by atoms with Crippen molar-refractivity contribution in [3.63, 3.8) is 0 Å². The summed E-state index contributed by atoms with van der Waals surface area (Å²) < 4.78 is 6.07. The zero-order valence-corrected chi connectivity index (χ0v) is 13.9. The molecule has 1 saturated heterocycles. The Bertz CT molecular complexity index is 468. The lowest BCUT2D eigenvalue weighted by Crippen LogP contribution is -2.54. The van der Waals surface area contributed by atoms with Crippen molar-refractivity contribution in [3.8, 4) is 0 Å². The highest BCUT2D eigenvalue weighted by atomic mass is 16.3. The molecule has 118 valence electrons. The first-order valence-corrected chi connectivity index (χ1v) is 8.28. The summed E-state index contributed by atoms with van der Waals surface area (Å²) in [6, 6.07) is 4.18. The first-order valence-electron chi connectivity index (χ1n) is 8.28. The minimum atomic E-state index is 0.612. The van der Waals surface area contributed by atoms with E-state index in [1.165, 1.54) is 18.4 Å². The number of likely N-dealkylation sites (N-methyl/N-ethyl adjacent to an activating group) is 1. The summed E-state index contributed by atoms with van der Waals surface area (Å²) in [5.41, 5.74) is 1.29.